The first-order chi connectivity index (χ1) is 14.8. The summed E-state index contributed by atoms with van der Waals surface area (Å²) >= 11 is 13.2. The first kappa shape index (κ1) is 23.2. The van der Waals surface area contributed by atoms with Crippen molar-refractivity contribution in [3.05, 3.63) is 80.8 Å². The van der Waals surface area contributed by atoms with E-state index in [2.05, 4.69) is 10.3 Å². The molecule has 2 aromatic carbocycles. The zero-order valence-corrected chi connectivity index (χ0v) is 19.5. The van der Waals surface area contributed by atoms with Crippen molar-refractivity contribution in [2.45, 2.75) is 6.54 Å². The Kier molecular flexibility index (Phi) is 8.03. The van der Waals surface area contributed by atoms with Crippen LogP contribution in [-0.2, 0) is 6.54 Å². The molecule has 1 N–H and O–H groups in total. The second-order valence-electron chi connectivity index (χ2n) is 7.13. The van der Waals surface area contributed by atoms with Crippen LogP contribution in [0.3, 0.4) is 0 Å². The summed E-state index contributed by atoms with van der Waals surface area (Å²) in [5.74, 6) is -0.601. The van der Waals surface area contributed by atoms with Crippen molar-refractivity contribution in [2.24, 2.45) is 0 Å². The standard InChI is InChI=1S/C22H22Cl2N4O2S/c1-27(2)10-11-28(13-15-6-4-3-5-7-15)21(30)19-14-31-22(25-19)26-20(29)17-9-8-16(23)12-18(17)24/h3-9,12,14H,10-11,13H2,1-2H3,(H,25,26,29). The number of rotatable bonds is 8. The molecular formula is C22H22Cl2N4O2S. The van der Waals surface area contributed by atoms with Gasteiger partial charge in [0.15, 0.2) is 5.13 Å². The van der Waals surface area contributed by atoms with Crippen LogP contribution in [0.2, 0.25) is 10.0 Å². The van der Waals surface area contributed by atoms with Crippen molar-refractivity contribution in [2.75, 3.05) is 32.5 Å². The van der Waals surface area contributed by atoms with Crippen LogP contribution in [0.15, 0.2) is 53.9 Å². The van der Waals surface area contributed by atoms with E-state index in [-0.39, 0.29) is 22.2 Å². The minimum Gasteiger partial charge on any atom is -0.332 e. The summed E-state index contributed by atoms with van der Waals surface area (Å²) in [7, 11) is 3.92. The fourth-order valence-corrected chi connectivity index (χ4v) is 3.98. The van der Waals surface area contributed by atoms with Gasteiger partial charge >= 0.3 is 0 Å². The number of benzene rings is 2. The van der Waals surface area contributed by atoms with Gasteiger partial charge in [-0.1, -0.05) is 53.5 Å². The number of carbonyl (C=O) groups excluding carboxylic acids is 2. The number of hydrogen-bond donors (Lipinski definition) is 1. The summed E-state index contributed by atoms with van der Waals surface area (Å²) < 4.78 is 0. The highest BCUT2D eigenvalue weighted by Gasteiger charge is 2.20. The first-order valence-electron chi connectivity index (χ1n) is 9.53. The van der Waals surface area contributed by atoms with E-state index in [1.165, 1.54) is 17.4 Å². The monoisotopic (exact) mass is 476 g/mol. The maximum absolute atomic E-state index is 13.1. The topological polar surface area (TPSA) is 65.5 Å². The zero-order valence-electron chi connectivity index (χ0n) is 17.1. The van der Waals surface area contributed by atoms with Crippen LogP contribution in [0.25, 0.3) is 0 Å². The van der Waals surface area contributed by atoms with Gasteiger partial charge in [-0.3, -0.25) is 14.9 Å². The van der Waals surface area contributed by atoms with Crippen molar-refractivity contribution in [1.82, 2.24) is 14.8 Å². The van der Waals surface area contributed by atoms with E-state index < -0.39 is 5.91 Å². The Morgan fingerprint density at radius 3 is 2.48 bits per heavy atom. The van der Waals surface area contributed by atoms with Gasteiger partial charge in [0.25, 0.3) is 11.8 Å². The number of amides is 2. The average molecular weight is 477 g/mol. The van der Waals surface area contributed by atoms with Gasteiger partial charge in [-0.2, -0.15) is 0 Å². The minimum absolute atomic E-state index is 0.188. The minimum atomic E-state index is -0.413. The Morgan fingerprint density at radius 1 is 1.06 bits per heavy atom. The number of thiazole rings is 1. The maximum Gasteiger partial charge on any atom is 0.273 e. The molecule has 1 heterocycles. The SMILES string of the molecule is CN(C)CCN(Cc1ccccc1)C(=O)c1csc(NC(=O)c2ccc(Cl)cc2Cl)n1. The highest BCUT2D eigenvalue weighted by Crippen LogP contribution is 2.23. The molecule has 0 spiro atoms. The van der Waals surface area contributed by atoms with E-state index >= 15 is 0 Å². The van der Waals surface area contributed by atoms with E-state index in [4.69, 9.17) is 23.2 Å². The van der Waals surface area contributed by atoms with Crippen molar-refractivity contribution in [1.29, 1.82) is 0 Å². The molecule has 0 fully saturated rings. The number of carbonyl (C=O) groups is 2. The van der Waals surface area contributed by atoms with Gasteiger partial charge in [0.05, 0.1) is 10.6 Å². The predicted octanol–water partition coefficient (Wildman–Crippen LogP) is 4.91. The largest absolute Gasteiger partial charge is 0.332 e. The zero-order chi connectivity index (χ0) is 22.4. The molecule has 31 heavy (non-hydrogen) atoms. The van der Waals surface area contributed by atoms with Crippen molar-refractivity contribution >= 4 is 51.5 Å². The van der Waals surface area contributed by atoms with Gasteiger partial charge in [0.1, 0.15) is 5.69 Å². The highest BCUT2D eigenvalue weighted by molar-refractivity contribution is 7.14. The van der Waals surface area contributed by atoms with Crippen LogP contribution in [0.4, 0.5) is 5.13 Å². The molecule has 0 atom stereocenters. The van der Waals surface area contributed by atoms with Gasteiger partial charge in [-0.25, -0.2) is 4.98 Å². The second kappa shape index (κ2) is 10.7. The Hall–Kier alpha value is -2.45. The second-order valence-corrected chi connectivity index (χ2v) is 8.83. The Morgan fingerprint density at radius 2 is 1.81 bits per heavy atom. The molecule has 162 valence electrons. The molecule has 9 heteroatoms. The highest BCUT2D eigenvalue weighted by atomic mass is 35.5. The molecule has 0 aliphatic heterocycles. The molecule has 6 nitrogen and oxygen atoms in total. The average Bonchev–Trinajstić information content (AvgIpc) is 3.19. The first-order valence-corrected chi connectivity index (χ1v) is 11.2. The normalized spacial score (nSPS) is 10.9. The van der Waals surface area contributed by atoms with Crippen LogP contribution in [0.5, 0.6) is 0 Å². The number of aromatic nitrogens is 1. The van der Waals surface area contributed by atoms with Crippen LogP contribution in [0, 0.1) is 0 Å². The summed E-state index contributed by atoms with van der Waals surface area (Å²) in [6, 6.07) is 14.4. The van der Waals surface area contributed by atoms with Crippen LogP contribution < -0.4 is 5.32 Å². The Bertz CT molecular complexity index is 1060. The summed E-state index contributed by atoms with van der Waals surface area (Å²) in [6.45, 7) is 1.76. The molecule has 0 saturated heterocycles. The lowest BCUT2D eigenvalue weighted by molar-refractivity contribution is 0.0726. The molecule has 0 unspecified atom stereocenters. The van der Waals surface area contributed by atoms with E-state index in [1.54, 1.807) is 22.4 Å². The number of likely N-dealkylation sites (N-methyl/N-ethyl adjacent to an activating group) is 1. The van der Waals surface area contributed by atoms with Crippen LogP contribution in [0.1, 0.15) is 26.4 Å². The van der Waals surface area contributed by atoms with E-state index in [0.717, 1.165) is 12.1 Å². The molecule has 3 rings (SSSR count). The van der Waals surface area contributed by atoms with Gasteiger partial charge in [0, 0.05) is 30.0 Å². The lowest BCUT2D eigenvalue weighted by Crippen LogP contribution is -2.36. The van der Waals surface area contributed by atoms with Gasteiger partial charge < -0.3 is 9.80 Å². The van der Waals surface area contributed by atoms with Gasteiger partial charge in [-0.15, -0.1) is 11.3 Å². The summed E-state index contributed by atoms with van der Waals surface area (Å²) in [4.78, 5) is 33.7. The number of nitrogens with one attached hydrogen (secondary N) is 1. The van der Waals surface area contributed by atoms with Crippen LogP contribution in [-0.4, -0.2) is 53.8 Å². The van der Waals surface area contributed by atoms with E-state index in [0.29, 0.717) is 23.2 Å². The molecule has 1 aromatic heterocycles. The van der Waals surface area contributed by atoms with Crippen LogP contribution >= 0.6 is 34.5 Å². The number of anilines is 1. The lowest BCUT2D eigenvalue weighted by atomic mass is 10.2. The summed E-state index contributed by atoms with van der Waals surface area (Å²) in [5.41, 5.74) is 1.61. The smallest absolute Gasteiger partial charge is 0.273 e. The molecule has 0 bridgehead atoms. The Balaban J connectivity index is 1.73. The van der Waals surface area contributed by atoms with Crippen molar-refractivity contribution < 1.29 is 9.59 Å². The van der Waals surface area contributed by atoms with Crippen molar-refractivity contribution in [3.63, 3.8) is 0 Å². The molecule has 0 saturated carbocycles. The third-order valence-electron chi connectivity index (χ3n) is 4.44. The van der Waals surface area contributed by atoms with E-state index in [9.17, 15) is 9.59 Å². The summed E-state index contributed by atoms with van der Waals surface area (Å²) in [6.07, 6.45) is 0. The molecule has 0 aliphatic carbocycles. The third kappa shape index (κ3) is 6.51. The number of hydrogen-bond acceptors (Lipinski definition) is 5. The maximum atomic E-state index is 13.1. The fourth-order valence-electron chi connectivity index (χ4n) is 2.81. The van der Waals surface area contributed by atoms with Gasteiger partial charge in [0.2, 0.25) is 0 Å². The van der Waals surface area contributed by atoms with Gasteiger partial charge in [-0.05, 0) is 37.9 Å². The quantitative estimate of drug-likeness (QED) is 0.501. The molecule has 3 aromatic rings. The molecule has 2 amide bonds. The van der Waals surface area contributed by atoms with Crippen molar-refractivity contribution in [3.8, 4) is 0 Å². The lowest BCUT2D eigenvalue weighted by Gasteiger charge is -2.24. The molecular weight excluding hydrogens is 455 g/mol. The van der Waals surface area contributed by atoms with E-state index in [1.807, 2.05) is 49.3 Å². The molecule has 0 radical (unpaired) electrons. The Labute approximate surface area is 195 Å². The number of nitrogens with zero attached hydrogens (tertiary/aromatic N) is 3. The molecule has 0 aliphatic rings. The predicted molar refractivity (Wildman–Crippen MR) is 126 cm³/mol. The fraction of sp³-hybridized carbons (Fsp3) is 0.227. The number of halogens is 2. The third-order valence-corrected chi connectivity index (χ3v) is 5.75. The summed E-state index contributed by atoms with van der Waals surface area (Å²) in [5, 5.41) is 5.36.